The lowest BCUT2D eigenvalue weighted by atomic mass is 9.40. The molecule has 0 aromatic heterocycles. The largest absolute Gasteiger partial charge is 0.331 e. The zero-order chi connectivity index (χ0) is 19.4. The maximum absolute atomic E-state index is 11.2. The molecule has 0 amide bonds. The average molecular weight is 374 g/mol. The van der Waals surface area contributed by atoms with E-state index in [4.69, 9.17) is 4.84 Å². The highest BCUT2D eigenvalue weighted by Crippen LogP contribution is 2.70. The van der Waals surface area contributed by atoms with Crippen molar-refractivity contribution in [2.45, 2.75) is 98.8 Å². The molecule has 3 heteroatoms. The van der Waals surface area contributed by atoms with Gasteiger partial charge in [-0.2, -0.15) is 0 Å². The molecular formula is C24H39NO2. The molecule has 0 aromatic rings. The first-order valence-electron chi connectivity index (χ1n) is 11.4. The van der Waals surface area contributed by atoms with Gasteiger partial charge in [-0.1, -0.05) is 38.8 Å². The molecule has 0 heterocycles. The van der Waals surface area contributed by atoms with Gasteiger partial charge in [0.1, 0.15) is 0 Å². The van der Waals surface area contributed by atoms with Crippen LogP contribution in [0.4, 0.5) is 0 Å². The van der Waals surface area contributed by atoms with E-state index in [2.05, 4.69) is 32.9 Å². The Hall–Kier alpha value is -0.860. The van der Waals surface area contributed by atoms with Gasteiger partial charge < -0.3 is 4.84 Å². The normalized spacial score (nSPS) is 49.7. The zero-order valence-electron chi connectivity index (χ0n) is 18.1. The molecule has 0 spiro atoms. The van der Waals surface area contributed by atoms with Crippen LogP contribution in [-0.4, -0.2) is 11.7 Å². The van der Waals surface area contributed by atoms with E-state index in [0.29, 0.717) is 22.2 Å². The number of hydrogen-bond donors (Lipinski definition) is 0. The maximum atomic E-state index is 11.2. The highest BCUT2D eigenvalue weighted by atomic mass is 16.7. The molecule has 4 saturated carbocycles. The second-order valence-corrected chi connectivity index (χ2v) is 11.1. The summed E-state index contributed by atoms with van der Waals surface area (Å²) in [7, 11) is 0. The molecule has 0 aromatic carbocycles. The smallest absolute Gasteiger partial charge is 0.319 e. The summed E-state index contributed by atoms with van der Waals surface area (Å²) in [5.74, 6) is 2.81. The van der Waals surface area contributed by atoms with Crippen LogP contribution in [0, 0.1) is 39.9 Å². The van der Waals surface area contributed by atoms with Crippen molar-refractivity contribution in [3.05, 3.63) is 0 Å². The number of carbonyl (C=O) groups excluding carboxylic acids is 1. The molecule has 7 unspecified atom stereocenters. The van der Waals surface area contributed by atoms with Gasteiger partial charge in [0.15, 0.2) is 0 Å². The molecule has 4 aliphatic rings. The molecule has 0 saturated heterocycles. The van der Waals surface area contributed by atoms with E-state index >= 15 is 0 Å². The SMILES string of the molecule is CC(=O)O/N=C(\C)C1CCC2C3CCC4(C)CCCCC4(C)C3CCC12C. The number of hydrogen-bond acceptors (Lipinski definition) is 3. The van der Waals surface area contributed by atoms with Crippen LogP contribution in [-0.2, 0) is 9.63 Å². The van der Waals surface area contributed by atoms with E-state index in [-0.39, 0.29) is 5.97 Å². The summed E-state index contributed by atoms with van der Waals surface area (Å²) < 4.78 is 0. The number of oxime groups is 1. The second kappa shape index (κ2) is 6.59. The first-order valence-corrected chi connectivity index (χ1v) is 11.4. The predicted molar refractivity (Wildman–Crippen MR) is 109 cm³/mol. The van der Waals surface area contributed by atoms with Crippen molar-refractivity contribution in [1.29, 1.82) is 0 Å². The topological polar surface area (TPSA) is 38.7 Å². The minimum atomic E-state index is -0.311. The van der Waals surface area contributed by atoms with Crippen molar-refractivity contribution in [2.75, 3.05) is 0 Å². The molecular weight excluding hydrogens is 334 g/mol. The third-order valence-corrected chi connectivity index (χ3v) is 10.2. The summed E-state index contributed by atoms with van der Waals surface area (Å²) in [4.78, 5) is 16.2. The van der Waals surface area contributed by atoms with Crippen LogP contribution in [0.3, 0.4) is 0 Å². The van der Waals surface area contributed by atoms with Gasteiger partial charge >= 0.3 is 5.97 Å². The van der Waals surface area contributed by atoms with E-state index < -0.39 is 0 Å². The van der Waals surface area contributed by atoms with E-state index in [9.17, 15) is 4.79 Å². The lowest BCUT2D eigenvalue weighted by molar-refractivity contribution is -0.150. The van der Waals surface area contributed by atoms with Gasteiger partial charge in [-0.15, -0.1) is 0 Å². The van der Waals surface area contributed by atoms with E-state index in [1.807, 2.05) is 0 Å². The van der Waals surface area contributed by atoms with Gasteiger partial charge in [-0.05, 0) is 92.3 Å². The molecule has 152 valence electrons. The van der Waals surface area contributed by atoms with Gasteiger partial charge in [-0.3, -0.25) is 0 Å². The number of fused-ring (bicyclic) bond motifs is 5. The standard InChI is InChI=1S/C24H39NO2/c1-16(25-27-17(2)26)19-8-9-20-18-10-14-22(3)12-6-7-13-24(22,5)21(18)11-15-23(19,20)4/h18-21H,6-15H2,1-5H3/b25-16+. The lowest BCUT2D eigenvalue weighted by Crippen LogP contribution is -2.56. The Morgan fingerprint density at radius 3 is 2.37 bits per heavy atom. The Balaban J connectivity index is 1.59. The Labute approximate surface area is 165 Å². The van der Waals surface area contributed by atoms with Crippen molar-refractivity contribution in [2.24, 2.45) is 45.1 Å². The third kappa shape index (κ3) is 2.82. The van der Waals surface area contributed by atoms with Crippen molar-refractivity contribution in [3.8, 4) is 0 Å². The quantitative estimate of drug-likeness (QED) is 0.321. The molecule has 0 N–H and O–H groups in total. The Morgan fingerprint density at radius 2 is 1.63 bits per heavy atom. The first-order chi connectivity index (χ1) is 12.7. The summed E-state index contributed by atoms with van der Waals surface area (Å²) in [6, 6.07) is 0. The van der Waals surface area contributed by atoms with Crippen LogP contribution < -0.4 is 0 Å². The highest BCUT2D eigenvalue weighted by molar-refractivity contribution is 5.85. The van der Waals surface area contributed by atoms with Crippen molar-refractivity contribution >= 4 is 11.7 Å². The minimum Gasteiger partial charge on any atom is -0.319 e. The minimum absolute atomic E-state index is 0.311. The van der Waals surface area contributed by atoms with Crippen LogP contribution in [0.15, 0.2) is 5.16 Å². The fourth-order valence-electron chi connectivity index (χ4n) is 8.49. The zero-order valence-corrected chi connectivity index (χ0v) is 18.1. The number of carbonyl (C=O) groups is 1. The van der Waals surface area contributed by atoms with Gasteiger partial charge in [0, 0.05) is 12.8 Å². The Kier molecular flexibility index (Phi) is 4.75. The molecule has 4 aliphatic carbocycles. The summed E-state index contributed by atoms with van der Waals surface area (Å²) in [6.07, 6.45) is 13.9. The van der Waals surface area contributed by atoms with E-state index in [1.165, 1.54) is 71.1 Å². The maximum Gasteiger partial charge on any atom is 0.331 e. The molecule has 3 nitrogen and oxygen atoms in total. The van der Waals surface area contributed by atoms with Gasteiger partial charge in [0.25, 0.3) is 0 Å². The van der Waals surface area contributed by atoms with Crippen LogP contribution in [0.25, 0.3) is 0 Å². The van der Waals surface area contributed by atoms with Crippen LogP contribution >= 0.6 is 0 Å². The lowest BCUT2D eigenvalue weighted by Gasteiger charge is -2.64. The van der Waals surface area contributed by atoms with Crippen LogP contribution in [0.2, 0.25) is 0 Å². The molecule has 7 atom stereocenters. The van der Waals surface area contributed by atoms with Crippen LogP contribution in [0.5, 0.6) is 0 Å². The summed E-state index contributed by atoms with van der Waals surface area (Å²) in [5, 5.41) is 4.20. The second-order valence-electron chi connectivity index (χ2n) is 11.1. The van der Waals surface area contributed by atoms with Crippen LogP contribution in [0.1, 0.15) is 98.8 Å². The van der Waals surface area contributed by atoms with E-state index in [0.717, 1.165) is 23.5 Å². The third-order valence-electron chi connectivity index (χ3n) is 10.2. The number of nitrogens with zero attached hydrogens (tertiary/aromatic N) is 1. The van der Waals surface area contributed by atoms with E-state index in [1.54, 1.807) is 0 Å². The molecule has 0 radical (unpaired) electrons. The van der Waals surface area contributed by atoms with Crippen molar-refractivity contribution in [1.82, 2.24) is 0 Å². The average Bonchev–Trinajstić information content (AvgIpc) is 2.97. The fraction of sp³-hybridized carbons (Fsp3) is 0.917. The first kappa shape index (κ1) is 19.5. The molecule has 4 fully saturated rings. The molecule has 0 bridgehead atoms. The van der Waals surface area contributed by atoms with Gasteiger partial charge in [-0.25, -0.2) is 4.79 Å². The summed E-state index contributed by atoms with van der Waals surface area (Å²) in [5.41, 5.74) is 2.51. The highest BCUT2D eigenvalue weighted by Gasteiger charge is 2.62. The number of rotatable bonds is 2. The predicted octanol–water partition coefficient (Wildman–Crippen LogP) is 6.36. The summed E-state index contributed by atoms with van der Waals surface area (Å²) in [6.45, 7) is 11.3. The van der Waals surface area contributed by atoms with Gasteiger partial charge in [0.05, 0.1) is 5.71 Å². The van der Waals surface area contributed by atoms with Crippen molar-refractivity contribution in [3.63, 3.8) is 0 Å². The Bertz CT molecular complexity index is 642. The fourth-order valence-corrected chi connectivity index (χ4v) is 8.49. The Morgan fingerprint density at radius 1 is 0.889 bits per heavy atom. The molecule has 4 rings (SSSR count). The van der Waals surface area contributed by atoms with Crippen molar-refractivity contribution < 1.29 is 9.63 Å². The summed E-state index contributed by atoms with van der Waals surface area (Å²) >= 11 is 0. The molecule has 0 aliphatic heterocycles. The van der Waals surface area contributed by atoms with Gasteiger partial charge in [0.2, 0.25) is 0 Å². The molecule has 27 heavy (non-hydrogen) atoms. The monoisotopic (exact) mass is 373 g/mol.